The fourth-order valence-corrected chi connectivity index (χ4v) is 2.66. The minimum absolute atomic E-state index is 0.182. The highest BCUT2D eigenvalue weighted by molar-refractivity contribution is 6.31. The minimum Gasteiger partial charge on any atom is -0.310 e. The molecule has 3 heteroatoms. The van der Waals surface area contributed by atoms with Crippen molar-refractivity contribution in [1.82, 2.24) is 5.32 Å². The van der Waals surface area contributed by atoms with E-state index in [1.54, 1.807) is 6.07 Å². The summed E-state index contributed by atoms with van der Waals surface area (Å²) in [7, 11) is 0. The molecule has 0 heterocycles. The molecule has 0 aliphatic rings. The number of aryl methyl sites for hydroxylation is 2. The summed E-state index contributed by atoms with van der Waals surface area (Å²) in [5, 5.41) is 4.28. The van der Waals surface area contributed by atoms with Crippen LogP contribution >= 0.6 is 11.6 Å². The standard InChI is InChI=1S/C18H21ClFN/c1-4-21-18(15-6-8-17(19)13(3)9-15)11-14-5-7-16(20)10-12(14)2/h5-10,18,21H,4,11H2,1-3H3. The van der Waals surface area contributed by atoms with Gasteiger partial charge in [-0.2, -0.15) is 0 Å². The zero-order chi connectivity index (χ0) is 15.4. The lowest BCUT2D eigenvalue weighted by atomic mass is 9.95. The summed E-state index contributed by atoms with van der Waals surface area (Å²) in [6.45, 7) is 6.94. The van der Waals surface area contributed by atoms with Crippen LogP contribution in [0.25, 0.3) is 0 Å². The van der Waals surface area contributed by atoms with E-state index in [4.69, 9.17) is 11.6 Å². The van der Waals surface area contributed by atoms with Gasteiger partial charge in [-0.1, -0.05) is 36.7 Å². The van der Waals surface area contributed by atoms with Crippen LogP contribution in [0.4, 0.5) is 4.39 Å². The summed E-state index contributed by atoms with van der Waals surface area (Å²) < 4.78 is 13.2. The van der Waals surface area contributed by atoms with E-state index in [-0.39, 0.29) is 11.9 Å². The van der Waals surface area contributed by atoms with Crippen LogP contribution in [-0.4, -0.2) is 6.54 Å². The van der Waals surface area contributed by atoms with E-state index >= 15 is 0 Å². The summed E-state index contributed by atoms with van der Waals surface area (Å²) in [5.74, 6) is -0.182. The Kier molecular flexibility index (Phi) is 5.38. The summed E-state index contributed by atoms with van der Waals surface area (Å²) in [5.41, 5.74) is 4.44. The Morgan fingerprint density at radius 3 is 2.48 bits per heavy atom. The van der Waals surface area contributed by atoms with E-state index in [9.17, 15) is 4.39 Å². The van der Waals surface area contributed by atoms with Gasteiger partial charge in [0.15, 0.2) is 0 Å². The molecule has 2 rings (SSSR count). The lowest BCUT2D eigenvalue weighted by Gasteiger charge is -2.20. The van der Waals surface area contributed by atoms with Gasteiger partial charge < -0.3 is 5.32 Å². The van der Waals surface area contributed by atoms with E-state index in [1.807, 2.05) is 26.0 Å². The molecular weight excluding hydrogens is 285 g/mol. The molecule has 0 amide bonds. The minimum atomic E-state index is -0.182. The monoisotopic (exact) mass is 305 g/mol. The first-order chi connectivity index (χ1) is 10.0. The van der Waals surface area contributed by atoms with Gasteiger partial charge in [0.25, 0.3) is 0 Å². The third-order valence-electron chi connectivity index (χ3n) is 3.76. The highest BCUT2D eigenvalue weighted by Gasteiger charge is 2.13. The van der Waals surface area contributed by atoms with Crippen LogP contribution < -0.4 is 5.32 Å². The van der Waals surface area contributed by atoms with Crippen molar-refractivity contribution < 1.29 is 4.39 Å². The Bertz CT molecular complexity index is 625. The van der Waals surface area contributed by atoms with E-state index < -0.39 is 0 Å². The van der Waals surface area contributed by atoms with Gasteiger partial charge in [-0.05, 0) is 67.3 Å². The molecule has 0 aliphatic heterocycles. The largest absolute Gasteiger partial charge is 0.310 e. The first kappa shape index (κ1) is 16.0. The molecule has 1 unspecified atom stereocenters. The normalized spacial score (nSPS) is 12.4. The molecule has 2 aromatic rings. The van der Waals surface area contributed by atoms with Crippen molar-refractivity contribution in [3.8, 4) is 0 Å². The number of halogens is 2. The fraction of sp³-hybridized carbons (Fsp3) is 0.333. The average Bonchev–Trinajstić information content (AvgIpc) is 2.44. The molecule has 0 aliphatic carbocycles. The van der Waals surface area contributed by atoms with Crippen molar-refractivity contribution in [3.05, 3.63) is 69.5 Å². The van der Waals surface area contributed by atoms with Gasteiger partial charge in [-0.3, -0.25) is 0 Å². The molecule has 1 N–H and O–H groups in total. The molecule has 0 radical (unpaired) electrons. The van der Waals surface area contributed by atoms with Crippen LogP contribution in [0.5, 0.6) is 0 Å². The summed E-state index contributed by atoms with van der Waals surface area (Å²) in [4.78, 5) is 0. The van der Waals surface area contributed by atoms with Gasteiger partial charge in [-0.25, -0.2) is 4.39 Å². The Hall–Kier alpha value is -1.38. The van der Waals surface area contributed by atoms with Gasteiger partial charge >= 0.3 is 0 Å². The smallest absolute Gasteiger partial charge is 0.123 e. The number of benzene rings is 2. The van der Waals surface area contributed by atoms with Crippen molar-refractivity contribution in [1.29, 1.82) is 0 Å². The lowest BCUT2D eigenvalue weighted by molar-refractivity contribution is 0.547. The predicted octanol–water partition coefficient (Wildman–Crippen LogP) is 4.99. The van der Waals surface area contributed by atoms with Crippen molar-refractivity contribution in [2.75, 3.05) is 6.54 Å². The molecular formula is C18H21ClFN. The second-order valence-corrected chi connectivity index (χ2v) is 5.80. The molecule has 0 fully saturated rings. The Morgan fingerprint density at radius 2 is 1.86 bits per heavy atom. The molecule has 0 aromatic heterocycles. The highest BCUT2D eigenvalue weighted by atomic mass is 35.5. The number of likely N-dealkylation sites (N-methyl/N-ethyl adjacent to an activating group) is 1. The van der Waals surface area contributed by atoms with Crippen LogP contribution in [-0.2, 0) is 6.42 Å². The van der Waals surface area contributed by atoms with Crippen molar-refractivity contribution in [2.45, 2.75) is 33.2 Å². The van der Waals surface area contributed by atoms with Gasteiger partial charge in [0.05, 0.1) is 0 Å². The third kappa shape index (κ3) is 4.05. The van der Waals surface area contributed by atoms with E-state index in [1.165, 1.54) is 11.6 Å². The third-order valence-corrected chi connectivity index (χ3v) is 4.19. The average molecular weight is 306 g/mol. The molecule has 0 saturated carbocycles. The number of nitrogens with one attached hydrogen (secondary N) is 1. The van der Waals surface area contributed by atoms with Crippen LogP contribution in [0.2, 0.25) is 5.02 Å². The number of hydrogen-bond acceptors (Lipinski definition) is 1. The van der Waals surface area contributed by atoms with Crippen LogP contribution in [0, 0.1) is 19.7 Å². The van der Waals surface area contributed by atoms with Crippen LogP contribution in [0.15, 0.2) is 36.4 Å². The maximum Gasteiger partial charge on any atom is 0.123 e. The van der Waals surface area contributed by atoms with Gasteiger partial charge in [0.2, 0.25) is 0 Å². The van der Waals surface area contributed by atoms with E-state index in [0.717, 1.165) is 34.7 Å². The lowest BCUT2D eigenvalue weighted by Crippen LogP contribution is -2.23. The van der Waals surface area contributed by atoms with Gasteiger partial charge in [0, 0.05) is 11.1 Å². The fourth-order valence-electron chi connectivity index (χ4n) is 2.55. The molecule has 1 nitrogen and oxygen atoms in total. The maximum atomic E-state index is 13.2. The molecule has 112 valence electrons. The van der Waals surface area contributed by atoms with Gasteiger partial charge in [-0.15, -0.1) is 0 Å². The van der Waals surface area contributed by atoms with Crippen LogP contribution in [0.3, 0.4) is 0 Å². The van der Waals surface area contributed by atoms with Gasteiger partial charge in [0.1, 0.15) is 5.82 Å². The first-order valence-electron chi connectivity index (χ1n) is 7.25. The summed E-state index contributed by atoms with van der Waals surface area (Å²) in [6, 6.07) is 11.3. The summed E-state index contributed by atoms with van der Waals surface area (Å²) in [6.07, 6.45) is 0.834. The SMILES string of the molecule is CCNC(Cc1ccc(F)cc1C)c1ccc(Cl)c(C)c1. The van der Waals surface area contributed by atoms with E-state index in [0.29, 0.717) is 0 Å². The molecule has 0 bridgehead atoms. The molecule has 0 spiro atoms. The number of rotatable bonds is 5. The summed E-state index contributed by atoms with van der Waals surface area (Å²) >= 11 is 6.10. The topological polar surface area (TPSA) is 12.0 Å². The first-order valence-corrected chi connectivity index (χ1v) is 7.63. The van der Waals surface area contributed by atoms with E-state index in [2.05, 4.69) is 24.4 Å². The molecule has 21 heavy (non-hydrogen) atoms. The zero-order valence-corrected chi connectivity index (χ0v) is 13.5. The molecule has 0 saturated heterocycles. The zero-order valence-electron chi connectivity index (χ0n) is 12.7. The Morgan fingerprint density at radius 1 is 1.10 bits per heavy atom. The maximum absolute atomic E-state index is 13.2. The Balaban J connectivity index is 2.28. The molecule has 2 aromatic carbocycles. The Labute approximate surface area is 131 Å². The number of hydrogen-bond donors (Lipinski definition) is 1. The second-order valence-electron chi connectivity index (χ2n) is 5.39. The van der Waals surface area contributed by atoms with Crippen molar-refractivity contribution in [3.63, 3.8) is 0 Å². The molecule has 1 atom stereocenters. The second kappa shape index (κ2) is 7.06. The predicted molar refractivity (Wildman–Crippen MR) is 87.4 cm³/mol. The van der Waals surface area contributed by atoms with Crippen molar-refractivity contribution in [2.24, 2.45) is 0 Å². The van der Waals surface area contributed by atoms with Crippen molar-refractivity contribution >= 4 is 11.6 Å². The highest BCUT2D eigenvalue weighted by Crippen LogP contribution is 2.25. The van der Waals surface area contributed by atoms with Crippen LogP contribution in [0.1, 0.15) is 35.2 Å². The quantitative estimate of drug-likeness (QED) is 0.820.